The Bertz CT molecular complexity index is 333. The summed E-state index contributed by atoms with van der Waals surface area (Å²) in [6.07, 6.45) is 2.36. The Morgan fingerprint density at radius 1 is 1.24 bits per heavy atom. The zero-order valence-corrected chi connectivity index (χ0v) is 10.7. The van der Waals surface area contributed by atoms with Gasteiger partial charge in [0.05, 0.1) is 6.10 Å². The number of ether oxygens (including phenoxy) is 1. The highest BCUT2D eigenvalue weighted by Crippen LogP contribution is 1.99. The van der Waals surface area contributed by atoms with Gasteiger partial charge in [0.1, 0.15) is 5.84 Å². The number of unbranched alkanes of at least 4 members (excludes halogenated alkanes) is 1. The van der Waals surface area contributed by atoms with Gasteiger partial charge in [-0.15, -0.1) is 0 Å². The molecule has 0 heterocycles. The Balaban J connectivity index is 2.21. The van der Waals surface area contributed by atoms with Gasteiger partial charge in [0.2, 0.25) is 0 Å². The average Bonchev–Trinajstić information content (AvgIpc) is 2.34. The predicted octanol–water partition coefficient (Wildman–Crippen LogP) is 2.60. The molecule has 1 aromatic carbocycles. The van der Waals surface area contributed by atoms with Crippen molar-refractivity contribution in [2.45, 2.75) is 32.8 Å². The number of hydrogen-bond donors (Lipinski definition) is 1. The van der Waals surface area contributed by atoms with Crippen molar-refractivity contribution in [3.63, 3.8) is 0 Å². The molecule has 0 aliphatic rings. The molecule has 0 aliphatic carbocycles. The minimum Gasteiger partial charge on any atom is -0.384 e. The Morgan fingerprint density at radius 3 is 2.59 bits per heavy atom. The summed E-state index contributed by atoms with van der Waals surface area (Å²) in [4.78, 5) is 4.35. The Morgan fingerprint density at radius 2 is 1.94 bits per heavy atom. The van der Waals surface area contributed by atoms with Gasteiger partial charge in [-0.2, -0.15) is 0 Å². The molecule has 1 aromatic rings. The van der Waals surface area contributed by atoms with Gasteiger partial charge in [-0.1, -0.05) is 30.3 Å². The van der Waals surface area contributed by atoms with Crippen LogP contribution in [0, 0.1) is 0 Å². The van der Waals surface area contributed by atoms with Crippen molar-refractivity contribution >= 4 is 5.84 Å². The lowest BCUT2D eigenvalue weighted by Gasteiger charge is -2.06. The van der Waals surface area contributed by atoms with Crippen LogP contribution in [-0.2, 0) is 4.74 Å². The summed E-state index contributed by atoms with van der Waals surface area (Å²) in [6, 6.07) is 9.85. The molecule has 0 atom stereocenters. The second kappa shape index (κ2) is 7.85. The molecule has 0 saturated carbocycles. The van der Waals surface area contributed by atoms with Crippen LogP contribution in [0.4, 0.5) is 0 Å². The van der Waals surface area contributed by atoms with Crippen molar-refractivity contribution in [3.8, 4) is 0 Å². The molecule has 0 amide bonds. The molecule has 0 spiro atoms. The molecule has 1 rings (SSSR count). The number of nitrogens with two attached hydrogens (primary N) is 1. The van der Waals surface area contributed by atoms with Crippen LogP contribution in [0.15, 0.2) is 35.3 Å². The molecule has 0 bridgehead atoms. The number of nitrogens with zero attached hydrogens (tertiary/aromatic N) is 1. The fraction of sp³-hybridized carbons (Fsp3) is 0.500. The molecule has 0 fully saturated rings. The Hall–Kier alpha value is -1.35. The maximum Gasteiger partial charge on any atom is 0.125 e. The third-order valence-electron chi connectivity index (χ3n) is 2.36. The van der Waals surface area contributed by atoms with Crippen molar-refractivity contribution in [1.82, 2.24) is 0 Å². The molecular formula is C14H22N2O. The molecule has 0 aliphatic heterocycles. The van der Waals surface area contributed by atoms with E-state index in [-0.39, 0.29) is 0 Å². The van der Waals surface area contributed by atoms with E-state index in [0.717, 1.165) is 31.6 Å². The molecule has 3 heteroatoms. The van der Waals surface area contributed by atoms with Crippen molar-refractivity contribution in [2.75, 3.05) is 13.2 Å². The van der Waals surface area contributed by atoms with Crippen LogP contribution in [0.1, 0.15) is 32.3 Å². The van der Waals surface area contributed by atoms with Crippen LogP contribution in [0.25, 0.3) is 0 Å². The van der Waals surface area contributed by atoms with Crippen molar-refractivity contribution in [3.05, 3.63) is 35.9 Å². The van der Waals surface area contributed by atoms with E-state index in [2.05, 4.69) is 4.99 Å². The van der Waals surface area contributed by atoms with Crippen LogP contribution in [0.2, 0.25) is 0 Å². The Labute approximate surface area is 104 Å². The first-order chi connectivity index (χ1) is 8.20. The molecular weight excluding hydrogens is 212 g/mol. The van der Waals surface area contributed by atoms with E-state index in [1.54, 1.807) is 0 Å². The van der Waals surface area contributed by atoms with E-state index in [1.165, 1.54) is 0 Å². The van der Waals surface area contributed by atoms with Crippen LogP contribution < -0.4 is 5.73 Å². The number of rotatable bonds is 7. The minimum atomic E-state index is 0.313. The maximum absolute atomic E-state index is 5.88. The largest absolute Gasteiger partial charge is 0.384 e. The molecule has 3 nitrogen and oxygen atoms in total. The third-order valence-corrected chi connectivity index (χ3v) is 2.36. The quantitative estimate of drug-likeness (QED) is 0.448. The maximum atomic E-state index is 5.88. The van der Waals surface area contributed by atoms with Gasteiger partial charge in [-0.25, -0.2) is 0 Å². The lowest BCUT2D eigenvalue weighted by Crippen LogP contribution is -2.13. The summed E-state index contributed by atoms with van der Waals surface area (Å²) in [7, 11) is 0. The molecule has 94 valence electrons. The van der Waals surface area contributed by atoms with E-state index in [0.29, 0.717) is 11.9 Å². The fourth-order valence-electron chi connectivity index (χ4n) is 1.43. The van der Waals surface area contributed by atoms with E-state index >= 15 is 0 Å². The molecule has 0 aromatic heterocycles. The summed E-state index contributed by atoms with van der Waals surface area (Å²) in [5.41, 5.74) is 6.87. The zero-order valence-electron chi connectivity index (χ0n) is 10.7. The summed E-state index contributed by atoms with van der Waals surface area (Å²) in [6.45, 7) is 5.66. The van der Waals surface area contributed by atoms with Gasteiger partial charge in [-0.3, -0.25) is 4.99 Å². The molecule has 2 N–H and O–H groups in total. The second-order valence-corrected chi connectivity index (χ2v) is 4.26. The first kappa shape index (κ1) is 13.7. The molecule has 0 saturated heterocycles. The van der Waals surface area contributed by atoms with E-state index < -0.39 is 0 Å². The highest BCUT2D eigenvalue weighted by Gasteiger charge is 1.96. The zero-order chi connectivity index (χ0) is 12.5. The normalized spacial score (nSPS) is 12.1. The molecule has 17 heavy (non-hydrogen) atoms. The SMILES string of the molecule is CC(C)OCCCCN=C(N)c1ccccc1. The van der Waals surface area contributed by atoms with E-state index in [4.69, 9.17) is 10.5 Å². The van der Waals surface area contributed by atoms with Crippen LogP contribution in [0.3, 0.4) is 0 Å². The third kappa shape index (κ3) is 6.07. The number of aliphatic imine (C=N–C) groups is 1. The lowest BCUT2D eigenvalue weighted by molar-refractivity contribution is 0.0764. The number of hydrogen-bond acceptors (Lipinski definition) is 2. The smallest absolute Gasteiger partial charge is 0.125 e. The van der Waals surface area contributed by atoms with Crippen LogP contribution >= 0.6 is 0 Å². The van der Waals surface area contributed by atoms with Crippen LogP contribution in [0.5, 0.6) is 0 Å². The molecule has 0 radical (unpaired) electrons. The van der Waals surface area contributed by atoms with Gasteiger partial charge < -0.3 is 10.5 Å². The monoisotopic (exact) mass is 234 g/mol. The first-order valence-corrected chi connectivity index (χ1v) is 6.17. The second-order valence-electron chi connectivity index (χ2n) is 4.26. The standard InChI is InChI=1S/C14H22N2O/c1-12(2)17-11-7-6-10-16-14(15)13-8-4-3-5-9-13/h3-5,8-9,12H,6-7,10-11H2,1-2H3,(H2,15,16). The van der Waals surface area contributed by atoms with E-state index in [9.17, 15) is 0 Å². The topological polar surface area (TPSA) is 47.6 Å². The van der Waals surface area contributed by atoms with Crippen molar-refractivity contribution < 1.29 is 4.74 Å². The summed E-state index contributed by atoms with van der Waals surface area (Å²) >= 11 is 0. The Kier molecular flexibility index (Phi) is 6.33. The number of amidine groups is 1. The van der Waals surface area contributed by atoms with Crippen molar-refractivity contribution in [2.24, 2.45) is 10.7 Å². The van der Waals surface area contributed by atoms with Gasteiger partial charge >= 0.3 is 0 Å². The molecule has 0 unspecified atom stereocenters. The van der Waals surface area contributed by atoms with Gasteiger partial charge in [0.25, 0.3) is 0 Å². The van der Waals surface area contributed by atoms with Crippen LogP contribution in [-0.4, -0.2) is 25.1 Å². The lowest BCUT2D eigenvalue weighted by atomic mass is 10.2. The van der Waals surface area contributed by atoms with E-state index in [1.807, 2.05) is 44.2 Å². The predicted molar refractivity (Wildman–Crippen MR) is 72.4 cm³/mol. The average molecular weight is 234 g/mol. The summed E-state index contributed by atoms with van der Waals surface area (Å²) in [5, 5.41) is 0. The van der Waals surface area contributed by atoms with Crippen molar-refractivity contribution in [1.29, 1.82) is 0 Å². The minimum absolute atomic E-state index is 0.313. The summed E-state index contributed by atoms with van der Waals surface area (Å²) < 4.78 is 5.45. The van der Waals surface area contributed by atoms with Gasteiger partial charge in [0.15, 0.2) is 0 Å². The summed E-state index contributed by atoms with van der Waals surface area (Å²) in [5.74, 6) is 0.621. The van der Waals surface area contributed by atoms with Gasteiger partial charge in [-0.05, 0) is 26.7 Å². The van der Waals surface area contributed by atoms with Gasteiger partial charge in [0, 0.05) is 18.7 Å². The number of benzene rings is 1. The first-order valence-electron chi connectivity index (χ1n) is 6.17. The fourth-order valence-corrected chi connectivity index (χ4v) is 1.43. The highest BCUT2D eigenvalue weighted by molar-refractivity contribution is 5.97. The highest BCUT2D eigenvalue weighted by atomic mass is 16.5.